The average molecular weight is 796 g/mol. The van der Waals surface area contributed by atoms with E-state index in [4.69, 9.17) is 0 Å². The van der Waals surface area contributed by atoms with E-state index >= 15 is 0 Å². The fourth-order valence-electron chi connectivity index (χ4n) is 2.68. The molecule has 0 heterocycles. The van der Waals surface area contributed by atoms with Crippen LogP contribution < -0.4 is 0 Å². The Morgan fingerprint density at radius 3 is 0.458 bits per heavy atom. The van der Waals surface area contributed by atoms with Gasteiger partial charge in [0.25, 0.3) is 0 Å². The van der Waals surface area contributed by atoms with Gasteiger partial charge in [-0.05, 0) is 6.08 Å². The predicted molar refractivity (Wildman–Crippen MR) is 85.5 cm³/mol. The van der Waals surface area contributed by atoms with Crippen molar-refractivity contribution in [2.45, 2.75) is 89.1 Å². The Kier molecular flexibility index (Phi) is 10.2. The first-order valence-electron chi connectivity index (χ1n) is 10.1. The molecule has 0 N–H and O–H groups in total. The molecule has 0 aliphatic rings. The highest BCUT2D eigenvalue weighted by atomic mass is 19.4. The van der Waals surface area contributed by atoms with Crippen molar-refractivity contribution < 1.29 is 136 Å². The van der Waals surface area contributed by atoms with Crippen molar-refractivity contribution in [3.63, 3.8) is 0 Å². The lowest BCUT2D eigenvalue weighted by Crippen LogP contribution is -2.79. The minimum Gasteiger partial charge on any atom is -0.195 e. The van der Waals surface area contributed by atoms with Gasteiger partial charge >= 0.3 is 89.1 Å². The number of alkyl halides is 31. The highest BCUT2D eigenvalue weighted by Gasteiger charge is 3.01. The molecule has 0 atom stereocenters. The molecular formula is C17H3F31. The molecule has 0 nitrogen and oxygen atoms in total. The van der Waals surface area contributed by atoms with Crippen LogP contribution in [-0.4, -0.2) is 89.1 Å². The van der Waals surface area contributed by atoms with Gasteiger partial charge in [-0.2, -0.15) is 136 Å². The van der Waals surface area contributed by atoms with E-state index in [0.717, 1.165) is 0 Å². The Morgan fingerprint density at radius 1 is 0.208 bits per heavy atom. The molecule has 0 aromatic carbocycles. The zero-order valence-electron chi connectivity index (χ0n) is 20.5. The van der Waals surface area contributed by atoms with Crippen LogP contribution in [0.15, 0.2) is 12.7 Å². The lowest BCUT2D eigenvalue weighted by molar-refractivity contribution is -0.488. The van der Waals surface area contributed by atoms with E-state index in [2.05, 4.69) is 0 Å². The Balaban J connectivity index is 7.65. The standard InChI is InChI=1S/C17H3F31/c1-2-3(18,19)4(20,21)5(22,23)6(24,25)7(26,27)8(28,29)9(30,31)10(32,33)11(34,35)12(36,37)13(38,39)14(40,41)15(42,43)16(44,45)17(46,47)48/h2H,1H2. The van der Waals surface area contributed by atoms with E-state index in [1.54, 1.807) is 0 Å². The molecule has 0 saturated carbocycles. The largest absolute Gasteiger partial charge is 0.460 e. The van der Waals surface area contributed by atoms with Crippen LogP contribution in [0.2, 0.25) is 0 Å². The molecule has 0 rings (SSSR count). The maximum atomic E-state index is 13.7. The number of hydrogen-bond acceptors (Lipinski definition) is 0. The fraction of sp³-hybridized carbons (Fsp3) is 0.882. The predicted octanol–water partition coefficient (Wildman–Crippen LogP) is 10.6. The summed E-state index contributed by atoms with van der Waals surface area (Å²) in [6.45, 7) is 1.53. The van der Waals surface area contributed by atoms with E-state index in [0.29, 0.717) is 0 Å². The first kappa shape index (κ1) is 45.6. The van der Waals surface area contributed by atoms with E-state index in [1.807, 2.05) is 0 Å². The number of allylic oxidation sites excluding steroid dienone is 1. The zero-order valence-corrected chi connectivity index (χ0v) is 20.5. The highest BCUT2D eigenvalue weighted by molar-refractivity contribution is 5.22. The van der Waals surface area contributed by atoms with E-state index in [1.165, 1.54) is 6.58 Å². The quantitative estimate of drug-likeness (QED) is 0.121. The van der Waals surface area contributed by atoms with Gasteiger partial charge in [0.1, 0.15) is 0 Å². The van der Waals surface area contributed by atoms with E-state index < -0.39 is 95.2 Å². The minimum atomic E-state index is -10.1. The van der Waals surface area contributed by atoms with Crippen molar-refractivity contribution in [2.75, 3.05) is 0 Å². The molecule has 0 bridgehead atoms. The SMILES string of the molecule is C=CC(F)(F)C(F)(F)C(F)(F)C(F)(F)C(F)(F)C(F)(F)C(F)(F)C(F)(F)C(F)(F)C(F)(F)C(F)(F)C(F)(F)C(F)(F)C(F)(F)C(F)(F)F. The summed E-state index contributed by atoms with van der Waals surface area (Å²) in [5.74, 6) is -131. The van der Waals surface area contributed by atoms with Crippen LogP contribution in [0.25, 0.3) is 0 Å². The summed E-state index contributed by atoms with van der Waals surface area (Å²) in [4.78, 5) is 0. The second kappa shape index (κ2) is 10.8. The molecule has 48 heavy (non-hydrogen) atoms. The summed E-state index contributed by atoms with van der Waals surface area (Å²) in [6.07, 6.45) is -10.2. The Bertz CT molecular complexity index is 1190. The highest BCUT2D eigenvalue weighted by Crippen LogP contribution is 2.69. The van der Waals surface area contributed by atoms with Crippen LogP contribution in [0, 0.1) is 0 Å². The van der Waals surface area contributed by atoms with Crippen molar-refractivity contribution in [1.29, 1.82) is 0 Å². The smallest absolute Gasteiger partial charge is 0.195 e. The second-order valence-corrected chi connectivity index (χ2v) is 8.79. The fourth-order valence-corrected chi connectivity index (χ4v) is 2.68. The van der Waals surface area contributed by atoms with Crippen LogP contribution in [-0.2, 0) is 0 Å². The Labute approximate surface area is 239 Å². The third kappa shape index (κ3) is 4.93. The third-order valence-electron chi connectivity index (χ3n) is 5.76. The molecule has 0 radical (unpaired) electrons. The van der Waals surface area contributed by atoms with Crippen LogP contribution in [0.5, 0.6) is 0 Å². The van der Waals surface area contributed by atoms with Crippen molar-refractivity contribution in [1.82, 2.24) is 0 Å². The lowest BCUT2D eigenvalue weighted by Gasteiger charge is -2.46. The summed E-state index contributed by atoms with van der Waals surface area (Å²) in [6, 6.07) is 0. The van der Waals surface area contributed by atoms with Gasteiger partial charge in [0.15, 0.2) is 0 Å². The first-order valence-corrected chi connectivity index (χ1v) is 10.1. The van der Waals surface area contributed by atoms with Crippen molar-refractivity contribution in [3.05, 3.63) is 12.7 Å². The van der Waals surface area contributed by atoms with Gasteiger partial charge in [0, 0.05) is 0 Å². The number of halogens is 31. The minimum absolute atomic E-state index is 1.53. The first-order chi connectivity index (χ1) is 20.1. The molecule has 0 aromatic rings. The molecule has 0 spiro atoms. The molecule has 288 valence electrons. The number of hydrogen-bond donors (Lipinski definition) is 0. The zero-order chi connectivity index (χ0) is 40.2. The van der Waals surface area contributed by atoms with Crippen molar-refractivity contribution in [2.24, 2.45) is 0 Å². The second-order valence-electron chi connectivity index (χ2n) is 8.79. The number of rotatable bonds is 14. The summed E-state index contributed by atoms with van der Waals surface area (Å²) in [5, 5.41) is 0. The topological polar surface area (TPSA) is 0 Å². The average Bonchev–Trinajstić information content (AvgIpc) is 2.86. The normalized spacial score (nSPS) is 17.1. The van der Waals surface area contributed by atoms with Gasteiger partial charge in [-0.25, -0.2) is 0 Å². The van der Waals surface area contributed by atoms with Gasteiger partial charge in [-0.1, -0.05) is 6.58 Å². The summed E-state index contributed by atoms with van der Waals surface area (Å²) >= 11 is 0. The lowest BCUT2D eigenvalue weighted by atomic mass is 9.83. The summed E-state index contributed by atoms with van der Waals surface area (Å²) < 4.78 is 412. The van der Waals surface area contributed by atoms with Gasteiger partial charge in [0.2, 0.25) is 0 Å². The molecule has 0 amide bonds. The maximum absolute atomic E-state index is 13.7. The van der Waals surface area contributed by atoms with E-state index in [-0.39, 0.29) is 0 Å². The van der Waals surface area contributed by atoms with Gasteiger partial charge < -0.3 is 0 Å². The molecule has 0 aliphatic carbocycles. The van der Waals surface area contributed by atoms with Crippen molar-refractivity contribution in [3.8, 4) is 0 Å². The molecule has 31 heteroatoms. The maximum Gasteiger partial charge on any atom is 0.460 e. The molecular weight excluding hydrogens is 793 g/mol. The molecule has 0 unspecified atom stereocenters. The van der Waals surface area contributed by atoms with Crippen LogP contribution in [0.3, 0.4) is 0 Å². The Hall–Kier alpha value is -2.43. The van der Waals surface area contributed by atoms with E-state index in [9.17, 15) is 136 Å². The monoisotopic (exact) mass is 796 g/mol. The van der Waals surface area contributed by atoms with Gasteiger partial charge in [-0.15, -0.1) is 0 Å². The van der Waals surface area contributed by atoms with Crippen LogP contribution in [0.4, 0.5) is 136 Å². The third-order valence-corrected chi connectivity index (χ3v) is 5.76. The van der Waals surface area contributed by atoms with Crippen LogP contribution in [0.1, 0.15) is 0 Å². The molecule has 0 aliphatic heterocycles. The summed E-state index contributed by atoms with van der Waals surface area (Å²) in [7, 11) is 0. The van der Waals surface area contributed by atoms with Crippen molar-refractivity contribution >= 4 is 0 Å². The molecule has 0 fully saturated rings. The van der Waals surface area contributed by atoms with Crippen LogP contribution >= 0.6 is 0 Å². The van der Waals surface area contributed by atoms with Gasteiger partial charge in [-0.3, -0.25) is 0 Å². The molecule has 0 aromatic heterocycles. The van der Waals surface area contributed by atoms with Gasteiger partial charge in [0.05, 0.1) is 0 Å². The Morgan fingerprint density at radius 2 is 0.333 bits per heavy atom. The molecule has 0 saturated heterocycles. The summed E-state index contributed by atoms with van der Waals surface area (Å²) in [5.41, 5.74) is 0.